The average Bonchev–Trinajstić information content (AvgIpc) is 2.92. The van der Waals surface area contributed by atoms with Gasteiger partial charge in [0.2, 0.25) is 11.8 Å². The fraction of sp³-hybridized carbons (Fsp3) is 0.222. The van der Waals surface area contributed by atoms with Gasteiger partial charge in [-0.1, -0.05) is 12.1 Å². The van der Waals surface area contributed by atoms with Gasteiger partial charge in [0.05, 0.1) is 23.7 Å². The van der Waals surface area contributed by atoms with Crippen molar-refractivity contribution in [2.75, 3.05) is 17.9 Å². The summed E-state index contributed by atoms with van der Waals surface area (Å²) in [5, 5.41) is 0. The highest BCUT2D eigenvalue weighted by atomic mass is 32.2. The van der Waals surface area contributed by atoms with E-state index in [4.69, 9.17) is 9.47 Å². The zero-order chi connectivity index (χ0) is 27.6. The first-order valence-corrected chi connectivity index (χ1v) is 13.5. The Balaban J connectivity index is 1.55. The molecule has 3 heterocycles. The van der Waals surface area contributed by atoms with Gasteiger partial charge in [-0.2, -0.15) is 13.2 Å². The van der Waals surface area contributed by atoms with Crippen LogP contribution >= 0.6 is 0 Å². The number of sulfonamides is 1. The van der Waals surface area contributed by atoms with Crippen LogP contribution in [0.1, 0.15) is 36.0 Å². The van der Waals surface area contributed by atoms with E-state index in [-0.39, 0.29) is 23.4 Å². The molecular weight excluding hydrogens is 533 g/mol. The molecule has 39 heavy (non-hydrogen) atoms. The Kier molecular flexibility index (Phi) is 7.13. The molecule has 0 fully saturated rings. The molecule has 1 aliphatic heterocycles. The minimum absolute atomic E-state index is 0.0577. The van der Waals surface area contributed by atoms with E-state index in [9.17, 15) is 21.6 Å². The van der Waals surface area contributed by atoms with E-state index in [1.165, 1.54) is 36.8 Å². The van der Waals surface area contributed by atoms with Crippen molar-refractivity contribution in [3.63, 3.8) is 0 Å². The van der Waals surface area contributed by atoms with Crippen LogP contribution in [-0.2, 0) is 16.2 Å². The minimum Gasteiger partial charge on any atom is -0.493 e. The van der Waals surface area contributed by atoms with Gasteiger partial charge in [0.15, 0.2) is 0 Å². The summed E-state index contributed by atoms with van der Waals surface area (Å²) in [6, 6.07) is 12.9. The van der Waals surface area contributed by atoms with Crippen LogP contribution in [0.4, 0.5) is 19.1 Å². The minimum atomic E-state index is -4.53. The number of ether oxygens (including phenoxy) is 2. The summed E-state index contributed by atoms with van der Waals surface area (Å²) in [5.41, 5.74) is 1.40. The highest BCUT2D eigenvalue weighted by Gasteiger charge is 2.33. The highest BCUT2D eigenvalue weighted by Crippen LogP contribution is 2.44. The van der Waals surface area contributed by atoms with Gasteiger partial charge in [0, 0.05) is 47.8 Å². The second-order valence-corrected chi connectivity index (χ2v) is 10.4. The third kappa shape index (κ3) is 5.65. The number of fused-ring (bicyclic) bond motifs is 1. The lowest BCUT2D eigenvalue weighted by Crippen LogP contribution is -2.19. The summed E-state index contributed by atoms with van der Waals surface area (Å²) in [6.45, 7) is 2.47. The number of rotatable bonds is 7. The second-order valence-electron chi connectivity index (χ2n) is 8.69. The largest absolute Gasteiger partial charge is 0.493 e. The Labute approximate surface area is 222 Å². The van der Waals surface area contributed by atoms with Crippen molar-refractivity contribution in [2.24, 2.45) is 0 Å². The highest BCUT2D eigenvalue weighted by molar-refractivity contribution is 7.92. The number of halogens is 3. The summed E-state index contributed by atoms with van der Waals surface area (Å²) >= 11 is 0. The number of anilines is 1. The molecule has 1 atom stereocenters. The van der Waals surface area contributed by atoms with Gasteiger partial charge >= 0.3 is 6.18 Å². The van der Waals surface area contributed by atoms with Crippen molar-refractivity contribution < 1.29 is 31.1 Å². The molecule has 0 saturated heterocycles. The number of hydrogen-bond donors (Lipinski definition) is 1. The van der Waals surface area contributed by atoms with Crippen molar-refractivity contribution in [3.8, 4) is 22.8 Å². The van der Waals surface area contributed by atoms with E-state index in [1.807, 2.05) is 6.92 Å². The Hall–Kier alpha value is -4.19. The number of alkyl halides is 3. The van der Waals surface area contributed by atoms with E-state index >= 15 is 0 Å². The van der Waals surface area contributed by atoms with Crippen molar-refractivity contribution in [1.82, 2.24) is 15.0 Å². The maximum Gasteiger partial charge on any atom is 0.416 e. The third-order valence-corrected chi connectivity index (χ3v) is 7.55. The fourth-order valence-corrected chi connectivity index (χ4v) is 5.42. The molecule has 0 spiro atoms. The van der Waals surface area contributed by atoms with Crippen LogP contribution in [0.2, 0.25) is 0 Å². The molecule has 0 bridgehead atoms. The number of benzene rings is 2. The van der Waals surface area contributed by atoms with E-state index < -0.39 is 21.8 Å². The van der Waals surface area contributed by atoms with Crippen LogP contribution < -0.4 is 14.2 Å². The topological polar surface area (TPSA) is 103 Å². The van der Waals surface area contributed by atoms with Crippen molar-refractivity contribution >= 4 is 16.0 Å². The zero-order valence-electron chi connectivity index (χ0n) is 20.6. The molecule has 4 aromatic rings. The predicted molar refractivity (Wildman–Crippen MR) is 137 cm³/mol. The van der Waals surface area contributed by atoms with E-state index in [0.717, 1.165) is 12.1 Å². The summed E-state index contributed by atoms with van der Waals surface area (Å²) in [7, 11) is -4.01. The molecule has 2 aromatic heterocycles. The van der Waals surface area contributed by atoms with Crippen LogP contribution in [0, 0.1) is 0 Å². The van der Waals surface area contributed by atoms with Gasteiger partial charge in [-0.05, 0) is 54.8 Å². The summed E-state index contributed by atoms with van der Waals surface area (Å²) in [6.07, 6.45) is 0.257. The third-order valence-electron chi connectivity index (χ3n) is 6.22. The number of pyridine rings is 1. The quantitative estimate of drug-likeness (QED) is 0.313. The molecule has 202 valence electrons. The molecule has 0 saturated carbocycles. The second kappa shape index (κ2) is 10.5. The van der Waals surface area contributed by atoms with Gasteiger partial charge in [-0.3, -0.25) is 0 Å². The lowest BCUT2D eigenvalue weighted by atomic mass is 9.82. The molecule has 0 radical (unpaired) electrons. The Bertz CT molecular complexity index is 1580. The van der Waals surface area contributed by atoms with Crippen molar-refractivity contribution in [2.45, 2.75) is 30.3 Å². The van der Waals surface area contributed by atoms with Gasteiger partial charge in [0.1, 0.15) is 5.75 Å². The SMILES string of the molecule is CCOc1ccc(-c2cc(C(F)(F)F)ccc2C2CCOc3cc(S(=O)(=O)Nc4ncccn4)ccc32)cn1. The molecule has 5 rings (SSSR count). The molecular formula is C27H23F3N4O4S. The van der Waals surface area contributed by atoms with Gasteiger partial charge in [-0.25, -0.2) is 28.1 Å². The Morgan fingerprint density at radius 2 is 1.79 bits per heavy atom. The van der Waals surface area contributed by atoms with Crippen molar-refractivity contribution in [3.05, 3.63) is 89.9 Å². The normalized spacial score (nSPS) is 15.2. The predicted octanol–water partition coefficient (Wildman–Crippen LogP) is 5.67. The molecule has 12 heteroatoms. The van der Waals surface area contributed by atoms with E-state index in [2.05, 4.69) is 19.7 Å². The lowest BCUT2D eigenvalue weighted by Gasteiger charge is -2.29. The van der Waals surface area contributed by atoms with E-state index in [0.29, 0.717) is 46.9 Å². The number of nitrogens with one attached hydrogen (secondary N) is 1. The first kappa shape index (κ1) is 26.4. The van der Waals surface area contributed by atoms with E-state index in [1.54, 1.807) is 24.3 Å². The van der Waals surface area contributed by atoms with Gasteiger partial charge < -0.3 is 9.47 Å². The molecule has 0 aliphatic carbocycles. The van der Waals surface area contributed by atoms with Crippen LogP contribution in [0.25, 0.3) is 11.1 Å². The molecule has 1 unspecified atom stereocenters. The smallest absolute Gasteiger partial charge is 0.416 e. The Morgan fingerprint density at radius 1 is 1.03 bits per heavy atom. The molecule has 1 aliphatic rings. The van der Waals surface area contributed by atoms with Crippen LogP contribution in [0.5, 0.6) is 11.6 Å². The summed E-state index contributed by atoms with van der Waals surface area (Å²) < 4.78 is 80.3. The summed E-state index contributed by atoms with van der Waals surface area (Å²) in [4.78, 5) is 11.9. The van der Waals surface area contributed by atoms with Crippen LogP contribution in [0.3, 0.4) is 0 Å². The lowest BCUT2D eigenvalue weighted by molar-refractivity contribution is -0.137. The van der Waals surface area contributed by atoms with Gasteiger partial charge in [0.25, 0.3) is 10.0 Å². The average molecular weight is 557 g/mol. The maximum absolute atomic E-state index is 13.6. The Morgan fingerprint density at radius 3 is 2.49 bits per heavy atom. The molecule has 1 N–H and O–H groups in total. The summed E-state index contributed by atoms with van der Waals surface area (Å²) in [5.74, 6) is 0.278. The molecule has 8 nitrogen and oxygen atoms in total. The van der Waals surface area contributed by atoms with Gasteiger partial charge in [-0.15, -0.1) is 0 Å². The number of aromatic nitrogens is 3. The zero-order valence-corrected chi connectivity index (χ0v) is 21.5. The first-order valence-electron chi connectivity index (χ1n) is 12.0. The standard InChI is InChI=1S/C27H23F3N4O4S/c1-2-37-25-9-4-17(16-33-25)23-14-18(27(28,29)30)5-7-20(23)21-10-13-38-24-15-19(6-8-22(21)24)39(35,36)34-26-31-11-3-12-32-26/h3-9,11-12,14-16,21H,2,10,13H2,1H3,(H,31,32,34). The molecule has 2 aromatic carbocycles. The number of nitrogens with zero attached hydrogens (tertiary/aromatic N) is 3. The monoisotopic (exact) mass is 556 g/mol. The number of hydrogen-bond acceptors (Lipinski definition) is 7. The molecule has 0 amide bonds. The first-order chi connectivity index (χ1) is 18.7. The van der Waals surface area contributed by atoms with Crippen molar-refractivity contribution in [1.29, 1.82) is 0 Å². The van der Waals surface area contributed by atoms with Crippen LogP contribution in [-0.4, -0.2) is 36.6 Å². The van der Waals surface area contributed by atoms with Crippen LogP contribution in [0.15, 0.2) is 78.1 Å². The maximum atomic E-state index is 13.6. The fourth-order valence-electron chi connectivity index (χ4n) is 4.45.